The van der Waals surface area contributed by atoms with E-state index in [0.717, 1.165) is 0 Å². The molecule has 12 nitrogen and oxygen atoms in total. The zero-order chi connectivity index (χ0) is 16.8. The summed E-state index contributed by atoms with van der Waals surface area (Å²) in [5, 5.41) is 17.9. The topological polar surface area (TPSA) is 206 Å². The van der Waals surface area contributed by atoms with Crippen LogP contribution in [0.4, 0.5) is 5.82 Å². The van der Waals surface area contributed by atoms with Crippen molar-refractivity contribution in [3.63, 3.8) is 0 Å². The van der Waals surface area contributed by atoms with Crippen LogP contribution in [-0.4, -0.2) is 42.6 Å². The summed E-state index contributed by atoms with van der Waals surface area (Å²) in [6.07, 6.45) is 1.97. The molecule has 1 atom stereocenters. The van der Waals surface area contributed by atoms with Crippen LogP contribution in [0.3, 0.4) is 0 Å². The molecule has 4 N–H and O–H groups in total. The first kappa shape index (κ1) is 18.4. The Bertz CT molecular complexity index is 636. The number of ether oxygens (including phenoxy) is 1. The number of fused-ring (bicyclic) bond motifs is 1. The molecule has 2 aromatic rings. The molecule has 0 spiro atoms. The molecule has 0 fully saturated rings. The predicted octanol–water partition coefficient (Wildman–Crippen LogP) is -3.74. The van der Waals surface area contributed by atoms with Crippen molar-refractivity contribution in [3.05, 3.63) is 12.7 Å². The summed E-state index contributed by atoms with van der Waals surface area (Å²) in [5.74, 6) is 0.296. The van der Waals surface area contributed by atoms with Crippen LogP contribution in [0, 0.1) is 0 Å². The van der Waals surface area contributed by atoms with Gasteiger partial charge in [-0.1, -0.05) is 0 Å². The third-order valence-corrected chi connectivity index (χ3v) is 2.21. The average molecular weight is 334 g/mol. The minimum atomic E-state index is -5.39. The van der Waals surface area contributed by atoms with E-state index in [9.17, 15) is 5.11 Å². The zero-order valence-corrected chi connectivity index (χ0v) is 12.0. The number of hydrogen-bond acceptors (Lipinski definition) is 11. The molecular formula is C9H13N5O7P-3. The van der Waals surface area contributed by atoms with E-state index in [1.165, 1.54) is 12.7 Å². The van der Waals surface area contributed by atoms with Crippen LogP contribution >= 0.6 is 7.82 Å². The summed E-state index contributed by atoms with van der Waals surface area (Å²) in [7, 11) is -5.39. The van der Waals surface area contributed by atoms with Crippen molar-refractivity contribution in [1.29, 1.82) is 0 Å². The predicted molar refractivity (Wildman–Crippen MR) is 66.1 cm³/mol. The Morgan fingerprint density at radius 1 is 1.36 bits per heavy atom. The van der Waals surface area contributed by atoms with Crippen molar-refractivity contribution in [2.75, 3.05) is 12.3 Å². The summed E-state index contributed by atoms with van der Waals surface area (Å²) >= 11 is 0. The third-order valence-electron chi connectivity index (χ3n) is 2.21. The summed E-state index contributed by atoms with van der Waals surface area (Å²) in [6.45, 7) is -0.0604. The Morgan fingerprint density at radius 2 is 2.00 bits per heavy atom. The fourth-order valence-corrected chi connectivity index (χ4v) is 1.35. The molecule has 2 rings (SSSR count). The van der Waals surface area contributed by atoms with Crippen molar-refractivity contribution in [1.82, 2.24) is 19.5 Å². The van der Waals surface area contributed by atoms with Gasteiger partial charge in [-0.2, -0.15) is 7.82 Å². The number of aliphatic hydroxyl groups is 2. The number of aromatic nitrogens is 4. The fraction of sp³-hybridized carbons (Fsp3) is 0.444. The molecule has 0 aliphatic rings. The van der Waals surface area contributed by atoms with E-state index in [-0.39, 0.29) is 19.8 Å². The highest BCUT2D eigenvalue weighted by Crippen LogP contribution is 2.14. The summed E-state index contributed by atoms with van der Waals surface area (Å²) in [6, 6.07) is 0. The molecule has 0 radical (unpaired) electrons. The number of nitrogens with zero attached hydrogens (tertiary/aromatic N) is 4. The quantitative estimate of drug-likeness (QED) is 0.357. The van der Waals surface area contributed by atoms with E-state index in [0.29, 0.717) is 17.0 Å². The lowest BCUT2D eigenvalue weighted by Crippen LogP contribution is -2.24. The first-order valence-corrected chi connectivity index (χ1v) is 7.23. The number of nitrogens with two attached hydrogens (primary N) is 1. The van der Waals surface area contributed by atoms with Crippen molar-refractivity contribution in [2.45, 2.75) is 19.4 Å². The Balaban J connectivity index is 0.000000422. The van der Waals surface area contributed by atoms with E-state index in [1.807, 2.05) is 0 Å². The Kier molecular flexibility index (Phi) is 6.77. The monoisotopic (exact) mass is 334 g/mol. The second kappa shape index (κ2) is 8.10. The van der Waals surface area contributed by atoms with Gasteiger partial charge < -0.3 is 39.9 Å². The third kappa shape index (κ3) is 6.41. The second-order valence-corrected chi connectivity index (χ2v) is 4.75. The van der Waals surface area contributed by atoms with Gasteiger partial charge in [-0.25, -0.2) is 15.0 Å². The number of rotatable bonds is 5. The SMILES string of the molecule is Nc1ncnc2c1ncn2COC(O)CCO.O=P([O-])([O-])[O-]. The maximum absolute atomic E-state index is 9.30. The number of hydrogen-bond donors (Lipinski definition) is 3. The lowest BCUT2D eigenvalue weighted by atomic mass is 10.4. The van der Waals surface area contributed by atoms with Crippen LogP contribution in [0.5, 0.6) is 0 Å². The molecule has 2 heterocycles. The number of anilines is 1. The molecule has 0 amide bonds. The minimum Gasteiger partial charge on any atom is -0.822 e. The molecule has 0 bridgehead atoms. The number of aliphatic hydroxyl groups excluding tert-OH is 2. The molecule has 0 aliphatic carbocycles. The van der Waals surface area contributed by atoms with Crippen LogP contribution in [0.25, 0.3) is 11.2 Å². The van der Waals surface area contributed by atoms with Gasteiger partial charge >= 0.3 is 0 Å². The first-order chi connectivity index (χ1) is 10.2. The Hall–Kier alpha value is -1.66. The lowest BCUT2D eigenvalue weighted by molar-refractivity contribution is -0.432. The average Bonchev–Trinajstić information content (AvgIpc) is 2.79. The molecule has 13 heteroatoms. The van der Waals surface area contributed by atoms with Crippen molar-refractivity contribution in [3.8, 4) is 0 Å². The number of imidazole rings is 1. The van der Waals surface area contributed by atoms with Crippen molar-refractivity contribution in [2.24, 2.45) is 0 Å². The standard InChI is InChI=1S/C9H13N5O3.H3O4P/c10-8-7-9(12-3-11-8)14(4-13-7)5-17-6(16)1-2-15;1-5(2,3)4/h3-4,6,15-16H,1-2,5H2,(H2,10,11,12);(H3,1,2,3,4)/p-3. The Morgan fingerprint density at radius 3 is 2.59 bits per heavy atom. The van der Waals surface area contributed by atoms with Gasteiger partial charge in [-0.05, 0) is 0 Å². The van der Waals surface area contributed by atoms with Gasteiger partial charge in [0, 0.05) is 13.0 Å². The van der Waals surface area contributed by atoms with E-state index < -0.39 is 14.1 Å². The molecule has 0 aliphatic heterocycles. The normalized spacial score (nSPS) is 12.8. The van der Waals surface area contributed by atoms with E-state index >= 15 is 0 Å². The maximum Gasteiger partial charge on any atom is 0.167 e. The van der Waals surface area contributed by atoms with Crippen LogP contribution in [0.1, 0.15) is 6.42 Å². The van der Waals surface area contributed by atoms with E-state index in [2.05, 4.69) is 15.0 Å². The second-order valence-electron chi connectivity index (χ2n) is 3.86. The lowest BCUT2D eigenvalue weighted by Gasteiger charge is -2.36. The molecule has 124 valence electrons. The highest BCUT2D eigenvalue weighted by atomic mass is 31.2. The smallest absolute Gasteiger partial charge is 0.167 e. The van der Waals surface area contributed by atoms with Gasteiger partial charge in [-0.15, -0.1) is 0 Å². The van der Waals surface area contributed by atoms with Gasteiger partial charge in [0.1, 0.15) is 18.6 Å². The molecule has 2 aromatic heterocycles. The highest BCUT2D eigenvalue weighted by Gasteiger charge is 2.09. The largest absolute Gasteiger partial charge is 0.822 e. The van der Waals surface area contributed by atoms with Crippen LogP contribution in [0.15, 0.2) is 12.7 Å². The Labute approximate surface area is 124 Å². The van der Waals surface area contributed by atoms with Gasteiger partial charge in [-0.3, -0.25) is 4.57 Å². The minimum absolute atomic E-state index is 0.0775. The molecule has 0 aromatic carbocycles. The molecular weight excluding hydrogens is 321 g/mol. The molecule has 22 heavy (non-hydrogen) atoms. The molecule has 0 saturated heterocycles. The van der Waals surface area contributed by atoms with Gasteiger partial charge in [0.15, 0.2) is 17.8 Å². The van der Waals surface area contributed by atoms with Gasteiger partial charge in [0.05, 0.1) is 6.33 Å². The van der Waals surface area contributed by atoms with Crippen LogP contribution in [0.2, 0.25) is 0 Å². The first-order valence-electron chi connectivity index (χ1n) is 5.77. The fourth-order valence-electron chi connectivity index (χ4n) is 1.35. The van der Waals surface area contributed by atoms with Gasteiger partial charge in [0.2, 0.25) is 0 Å². The van der Waals surface area contributed by atoms with Crippen LogP contribution in [-0.2, 0) is 16.0 Å². The molecule has 1 unspecified atom stereocenters. The summed E-state index contributed by atoms with van der Waals surface area (Å²) in [5.41, 5.74) is 6.65. The van der Waals surface area contributed by atoms with Crippen LogP contribution < -0.4 is 20.4 Å². The maximum atomic E-state index is 9.30. The van der Waals surface area contributed by atoms with E-state index in [1.54, 1.807) is 4.57 Å². The van der Waals surface area contributed by atoms with Gasteiger partial charge in [0.25, 0.3) is 0 Å². The number of nitrogen functional groups attached to an aromatic ring is 1. The summed E-state index contributed by atoms with van der Waals surface area (Å²) in [4.78, 5) is 37.5. The van der Waals surface area contributed by atoms with Crippen molar-refractivity contribution >= 4 is 24.8 Å². The summed E-state index contributed by atoms with van der Waals surface area (Å²) < 4.78 is 15.2. The van der Waals surface area contributed by atoms with E-state index in [4.69, 9.17) is 34.8 Å². The molecule has 0 saturated carbocycles. The highest BCUT2D eigenvalue weighted by molar-refractivity contribution is 7.40. The van der Waals surface area contributed by atoms with Crippen molar-refractivity contribution < 1.29 is 34.2 Å². The number of phosphoric acid groups is 1. The zero-order valence-electron chi connectivity index (χ0n) is 11.1.